The molecule has 2 rings (SSSR count). The minimum absolute atomic E-state index is 0.149. The van der Waals surface area contributed by atoms with E-state index in [1.807, 2.05) is 24.3 Å². The van der Waals surface area contributed by atoms with Crippen LogP contribution in [0.2, 0.25) is 5.02 Å². The second-order valence-corrected chi connectivity index (χ2v) is 4.94. The van der Waals surface area contributed by atoms with Crippen LogP contribution >= 0.6 is 27.5 Å². The Bertz CT molecular complexity index is 531. The van der Waals surface area contributed by atoms with Gasteiger partial charge in [0.1, 0.15) is 5.82 Å². The number of rotatable bonds is 3. The van der Waals surface area contributed by atoms with Crippen LogP contribution in [0.5, 0.6) is 0 Å². The summed E-state index contributed by atoms with van der Waals surface area (Å²) in [7, 11) is 0. The molecular formula is C13H10BrClFN. The van der Waals surface area contributed by atoms with Crippen LogP contribution in [0.15, 0.2) is 46.9 Å². The van der Waals surface area contributed by atoms with E-state index in [9.17, 15) is 4.39 Å². The van der Waals surface area contributed by atoms with Gasteiger partial charge in [-0.1, -0.05) is 39.7 Å². The lowest BCUT2D eigenvalue weighted by molar-refractivity contribution is 0.626. The van der Waals surface area contributed by atoms with E-state index in [1.165, 1.54) is 6.07 Å². The number of halogens is 3. The van der Waals surface area contributed by atoms with Gasteiger partial charge < -0.3 is 5.32 Å². The standard InChI is InChI=1S/C13H10BrClFN/c14-10-2-1-3-11(7-10)17-8-9-4-5-12(15)13(16)6-9/h1-7,17H,8H2. The molecule has 1 nitrogen and oxygen atoms in total. The molecule has 0 bridgehead atoms. The summed E-state index contributed by atoms with van der Waals surface area (Å²) in [6.45, 7) is 0.560. The SMILES string of the molecule is Fc1cc(CNc2cccc(Br)c2)ccc1Cl. The Morgan fingerprint density at radius 1 is 1.18 bits per heavy atom. The van der Waals surface area contributed by atoms with E-state index in [-0.39, 0.29) is 10.8 Å². The molecule has 0 aliphatic carbocycles. The van der Waals surface area contributed by atoms with E-state index in [1.54, 1.807) is 12.1 Å². The van der Waals surface area contributed by atoms with E-state index in [0.29, 0.717) is 6.54 Å². The monoisotopic (exact) mass is 313 g/mol. The summed E-state index contributed by atoms with van der Waals surface area (Å²) in [5.41, 5.74) is 1.83. The van der Waals surface area contributed by atoms with Crippen LogP contribution in [0, 0.1) is 5.82 Å². The Balaban J connectivity index is 2.05. The molecule has 2 aromatic carbocycles. The van der Waals surface area contributed by atoms with Crippen LogP contribution < -0.4 is 5.32 Å². The molecule has 88 valence electrons. The van der Waals surface area contributed by atoms with Crippen LogP contribution in [-0.4, -0.2) is 0 Å². The fourth-order valence-electron chi connectivity index (χ4n) is 1.45. The predicted octanol–water partition coefficient (Wildman–Crippen LogP) is 4.85. The lowest BCUT2D eigenvalue weighted by Gasteiger charge is -2.07. The summed E-state index contributed by atoms with van der Waals surface area (Å²) in [5, 5.41) is 3.36. The number of anilines is 1. The second-order valence-electron chi connectivity index (χ2n) is 3.61. The zero-order chi connectivity index (χ0) is 12.3. The van der Waals surface area contributed by atoms with Crippen molar-refractivity contribution in [2.75, 3.05) is 5.32 Å². The van der Waals surface area contributed by atoms with Crippen molar-refractivity contribution in [3.63, 3.8) is 0 Å². The Morgan fingerprint density at radius 3 is 2.71 bits per heavy atom. The minimum atomic E-state index is -0.389. The van der Waals surface area contributed by atoms with Crippen molar-refractivity contribution in [2.45, 2.75) is 6.54 Å². The molecule has 0 amide bonds. The molecule has 0 radical (unpaired) electrons. The van der Waals surface area contributed by atoms with Crippen molar-refractivity contribution in [3.8, 4) is 0 Å². The molecule has 4 heteroatoms. The van der Waals surface area contributed by atoms with Gasteiger partial charge in [0.15, 0.2) is 0 Å². The van der Waals surface area contributed by atoms with Gasteiger partial charge in [-0.3, -0.25) is 0 Å². The molecule has 0 spiro atoms. The summed E-state index contributed by atoms with van der Waals surface area (Å²) in [5.74, 6) is -0.389. The van der Waals surface area contributed by atoms with Crippen molar-refractivity contribution in [3.05, 3.63) is 63.3 Å². The van der Waals surface area contributed by atoms with E-state index in [4.69, 9.17) is 11.6 Å². The van der Waals surface area contributed by atoms with Crippen molar-refractivity contribution in [1.82, 2.24) is 0 Å². The second kappa shape index (κ2) is 5.52. The highest BCUT2D eigenvalue weighted by atomic mass is 79.9. The van der Waals surface area contributed by atoms with Gasteiger partial charge in [-0.25, -0.2) is 4.39 Å². The molecule has 0 saturated heterocycles. The molecule has 1 N–H and O–H groups in total. The van der Waals surface area contributed by atoms with Gasteiger partial charge in [-0.2, -0.15) is 0 Å². The fourth-order valence-corrected chi connectivity index (χ4v) is 1.97. The maximum absolute atomic E-state index is 13.2. The molecule has 0 aromatic heterocycles. The average molecular weight is 315 g/mol. The molecule has 2 aromatic rings. The number of hydrogen-bond acceptors (Lipinski definition) is 1. The summed E-state index contributed by atoms with van der Waals surface area (Å²) in [6.07, 6.45) is 0. The third-order valence-electron chi connectivity index (χ3n) is 2.31. The maximum Gasteiger partial charge on any atom is 0.142 e. The van der Waals surface area contributed by atoms with Crippen LogP contribution in [0.1, 0.15) is 5.56 Å². The molecule has 0 fully saturated rings. The van der Waals surface area contributed by atoms with Crippen LogP contribution in [0.3, 0.4) is 0 Å². The highest BCUT2D eigenvalue weighted by Gasteiger charge is 2.01. The van der Waals surface area contributed by atoms with E-state index in [0.717, 1.165) is 15.7 Å². The van der Waals surface area contributed by atoms with Gasteiger partial charge in [-0.15, -0.1) is 0 Å². The van der Waals surface area contributed by atoms with Gasteiger partial charge in [0.2, 0.25) is 0 Å². The van der Waals surface area contributed by atoms with Gasteiger partial charge in [0.05, 0.1) is 5.02 Å². The average Bonchev–Trinajstić information content (AvgIpc) is 2.31. The summed E-state index contributed by atoms with van der Waals surface area (Å²) in [4.78, 5) is 0. The van der Waals surface area contributed by atoms with E-state index >= 15 is 0 Å². The number of benzene rings is 2. The normalized spacial score (nSPS) is 10.3. The Labute approximate surface area is 113 Å². The van der Waals surface area contributed by atoms with Crippen molar-refractivity contribution >= 4 is 33.2 Å². The maximum atomic E-state index is 13.2. The molecule has 0 aliphatic rings. The third kappa shape index (κ3) is 3.45. The van der Waals surface area contributed by atoms with Crippen LogP contribution in [0.25, 0.3) is 0 Å². The van der Waals surface area contributed by atoms with Gasteiger partial charge in [0, 0.05) is 16.7 Å². The minimum Gasteiger partial charge on any atom is -0.381 e. The first kappa shape index (κ1) is 12.4. The van der Waals surface area contributed by atoms with Crippen molar-refractivity contribution in [2.24, 2.45) is 0 Å². The van der Waals surface area contributed by atoms with Crippen molar-refractivity contribution in [1.29, 1.82) is 0 Å². The van der Waals surface area contributed by atoms with Crippen molar-refractivity contribution < 1.29 is 4.39 Å². The topological polar surface area (TPSA) is 12.0 Å². The molecule has 17 heavy (non-hydrogen) atoms. The number of hydrogen-bond donors (Lipinski definition) is 1. The van der Waals surface area contributed by atoms with Gasteiger partial charge in [-0.05, 0) is 35.9 Å². The Kier molecular flexibility index (Phi) is 4.02. The van der Waals surface area contributed by atoms with Crippen LogP contribution in [-0.2, 0) is 6.54 Å². The Morgan fingerprint density at radius 2 is 2.00 bits per heavy atom. The molecule has 0 unspecified atom stereocenters. The summed E-state index contributed by atoms with van der Waals surface area (Å²) >= 11 is 9.01. The smallest absolute Gasteiger partial charge is 0.142 e. The molecular weight excluding hydrogens is 305 g/mol. The summed E-state index contributed by atoms with van der Waals surface area (Å²) in [6, 6.07) is 12.6. The molecule has 0 atom stereocenters. The van der Waals surface area contributed by atoms with E-state index in [2.05, 4.69) is 21.2 Å². The first-order chi connectivity index (χ1) is 8.15. The zero-order valence-corrected chi connectivity index (χ0v) is 11.2. The lowest BCUT2D eigenvalue weighted by atomic mass is 10.2. The fraction of sp³-hybridized carbons (Fsp3) is 0.0769. The summed E-state index contributed by atoms with van der Waals surface area (Å²) < 4.78 is 14.2. The third-order valence-corrected chi connectivity index (χ3v) is 3.11. The van der Waals surface area contributed by atoms with E-state index < -0.39 is 0 Å². The molecule has 0 aliphatic heterocycles. The molecule has 0 saturated carbocycles. The first-order valence-electron chi connectivity index (χ1n) is 5.08. The van der Waals surface area contributed by atoms with Crippen LogP contribution in [0.4, 0.5) is 10.1 Å². The van der Waals surface area contributed by atoms with Gasteiger partial charge in [0.25, 0.3) is 0 Å². The lowest BCUT2D eigenvalue weighted by Crippen LogP contribution is -1.99. The number of nitrogens with one attached hydrogen (secondary N) is 1. The van der Waals surface area contributed by atoms with Gasteiger partial charge >= 0.3 is 0 Å². The first-order valence-corrected chi connectivity index (χ1v) is 6.25. The predicted molar refractivity (Wildman–Crippen MR) is 72.9 cm³/mol. The largest absolute Gasteiger partial charge is 0.381 e. The quantitative estimate of drug-likeness (QED) is 0.853. The zero-order valence-electron chi connectivity index (χ0n) is 8.88. The molecule has 0 heterocycles. The highest BCUT2D eigenvalue weighted by Crippen LogP contribution is 2.18. The Hall–Kier alpha value is -1.06. The highest BCUT2D eigenvalue weighted by molar-refractivity contribution is 9.10.